The molecule has 2 aliphatic heterocycles. The molecule has 2 aromatic carbocycles. The molecule has 0 N–H and O–H groups in total. The molecule has 7 nitrogen and oxygen atoms in total. The van der Waals surface area contributed by atoms with Crippen molar-refractivity contribution in [2.45, 2.75) is 39.7 Å². The quantitative estimate of drug-likeness (QED) is 0.533. The minimum atomic E-state index is -0.319. The number of nitrogens with zero attached hydrogens (tertiary/aromatic N) is 4. The molecule has 0 aliphatic carbocycles. The first-order valence-corrected chi connectivity index (χ1v) is 13.0. The number of carbonyl (C=O) groups excluding carboxylic acids is 2. The summed E-state index contributed by atoms with van der Waals surface area (Å²) in [6.07, 6.45) is 0.912. The molecule has 0 spiro atoms. The maximum Gasteiger partial charge on any atom is 0.262 e. The molecule has 0 aromatic heterocycles. The zero-order chi connectivity index (χ0) is 25.7. The van der Waals surface area contributed by atoms with Gasteiger partial charge in [0.25, 0.3) is 5.91 Å². The van der Waals surface area contributed by atoms with Crippen molar-refractivity contribution in [2.75, 3.05) is 45.9 Å². The summed E-state index contributed by atoms with van der Waals surface area (Å²) in [5.41, 5.74) is 5.09. The zero-order valence-electron chi connectivity index (χ0n) is 21.4. The normalized spacial score (nSPS) is 18.3. The standard InChI is InChI=1S/C28H35ClN4O3/c1-4-27(34)32(12-11-31-13-15-36-16-14-31)19-28(35)33-26(23-7-5-6-8-24(23)29)18-25(30-33)22-10-9-20(2)21(3)17-22/h5-10,17,26H,4,11-16,18-19H2,1-3H3. The fourth-order valence-corrected chi connectivity index (χ4v) is 4.92. The maximum atomic E-state index is 13.7. The second kappa shape index (κ2) is 12.0. The van der Waals surface area contributed by atoms with E-state index in [4.69, 9.17) is 21.4 Å². The molecule has 2 heterocycles. The van der Waals surface area contributed by atoms with Gasteiger partial charge in [0.2, 0.25) is 5.91 Å². The molecule has 0 bridgehead atoms. The second-order valence-electron chi connectivity index (χ2n) is 9.45. The highest BCUT2D eigenvalue weighted by Gasteiger charge is 2.35. The van der Waals surface area contributed by atoms with Gasteiger partial charge in [0.1, 0.15) is 6.54 Å². The van der Waals surface area contributed by atoms with Crippen LogP contribution in [0.2, 0.25) is 5.02 Å². The Morgan fingerprint density at radius 3 is 2.56 bits per heavy atom. The van der Waals surface area contributed by atoms with Crippen molar-refractivity contribution in [3.05, 3.63) is 69.7 Å². The summed E-state index contributed by atoms with van der Waals surface area (Å²) >= 11 is 6.56. The number of halogens is 1. The van der Waals surface area contributed by atoms with E-state index in [-0.39, 0.29) is 24.4 Å². The summed E-state index contributed by atoms with van der Waals surface area (Å²) in [4.78, 5) is 30.3. The van der Waals surface area contributed by atoms with E-state index in [9.17, 15) is 9.59 Å². The van der Waals surface area contributed by atoms with Gasteiger partial charge in [0, 0.05) is 44.0 Å². The summed E-state index contributed by atoms with van der Waals surface area (Å²) < 4.78 is 5.42. The lowest BCUT2D eigenvalue weighted by atomic mass is 9.96. The summed E-state index contributed by atoms with van der Waals surface area (Å²) in [5, 5.41) is 6.93. The van der Waals surface area contributed by atoms with Crippen LogP contribution in [0.5, 0.6) is 0 Å². The van der Waals surface area contributed by atoms with Gasteiger partial charge in [-0.2, -0.15) is 5.10 Å². The van der Waals surface area contributed by atoms with Crippen molar-refractivity contribution in [1.29, 1.82) is 0 Å². The van der Waals surface area contributed by atoms with E-state index < -0.39 is 0 Å². The van der Waals surface area contributed by atoms with E-state index in [2.05, 4.69) is 30.9 Å². The van der Waals surface area contributed by atoms with Crippen molar-refractivity contribution < 1.29 is 14.3 Å². The molecule has 2 aromatic rings. The Morgan fingerprint density at radius 2 is 1.86 bits per heavy atom. The fraction of sp³-hybridized carbons (Fsp3) is 0.464. The molecule has 2 amide bonds. The summed E-state index contributed by atoms with van der Waals surface area (Å²) in [6.45, 7) is 10.3. The fourth-order valence-electron chi connectivity index (χ4n) is 4.66. The molecule has 1 unspecified atom stereocenters. The lowest BCUT2D eigenvalue weighted by Crippen LogP contribution is -2.46. The number of hydrogen-bond acceptors (Lipinski definition) is 5. The number of rotatable bonds is 8. The first kappa shape index (κ1) is 26.3. The number of benzene rings is 2. The van der Waals surface area contributed by atoms with Gasteiger partial charge in [-0.1, -0.05) is 48.9 Å². The molecular formula is C28H35ClN4O3. The minimum absolute atomic E-state index is 0.0122. The van der Waals surface area contributed by atoms with Crippen molar-refractivity contribution >= 4 is 29.1 Å². The molecule has 0 radical (unpaired) electrons. The third-order valence-electron chi connectivity index (χ3n) is 7.04. The number of amides is 2. The van der Waals surface area contributed by atoms with E-state index in [0.29, 0.717) is 44.2 Å². The van der Waals surface area contributed by atoms with Gasteiger partial charge in [0.05, 0.1) is 25.0 Å². The Bertz CT molecular complexity index is 1130. The highest BCUT2D eigenvalue weighted by atomic mass is 35.5. The largest absolute Gasteiger partial charge is 0.379 e. The van der Waals surface area contributed by atoms with Crippen LogP contribution in [0.25, 0.3) is 0 Å². The van der Waals surface area contributed by atoms with Gasteiger partial charge in [0.15, 0.2) is 0 Å². The maximum absolute atomic E-state index is 13.7. The summed E-state index contributed by atoms with van der Waals surface area (Å²) in [6, 6.07) is 13.5. The Labute approximate surface area is 218 Å². The average Bonchev–Trinajstić information content (AvgIpc) is 3.34. The number of morpholine rings is 1. The van der Waals surface area contributed by atoms with E-state index in [1.54, 1.807) is 4.90 Å². The zero-order valence-corrected chi connectivity index (χ0v) is 22.1. The van der Waals surface area contributed by atoms with E-state index in [1.165, 1.54) is 16.1 Å². The van der Waals surface area contributed by atoms with Crippen LogP contribution in [-0.2, 0) is 14.3 Å². The molecule has 36 heavy (non-hydrogen) atoms. The van der Waals surface area contributed by atoms with Gasteiger partial charge in [-0.25, -0.2) is 5.01 Å². The van der Waals surface area contributed by atoms with Crippen molar-refractivity contribution in [3.63, 3.8) is 0 Å². The Hall–Kier alpha value is -2.74. The summed E-state index contributed by atoms with van der Waals surface area (Å²) in [7, 11) is 0. The van der Waals surface area contributed by atoms with Crippen LogP contribution >= 0.6 is 11.6 Å². The van der Waals surface area contributed by atoms with Crippen LogP contribution in [0.4, 0.5) is 0 Å². The van der Waals surface area contributed by atoms with Gasteiger partial charge in [-0.3, -0.25) is 14.5 Å². The lowest BCUT2D eigenvalue weighted by molar-refractivity contribution is -0.141. The van der Waals surface area contributed by atoms with Crippen molar-refractivity contribution in [1.82, 2.24) is 14.8 Å². The van der Waals surface area contributed by atoms with Crippen LogP contribution in [-0.4, -0.2) is 78.3 Å². The van der Waals surface area contributed by atoms with E-state index >= 15 is 0 Å². The molecule has 1 saturated heterocycles. The smallest absolute Gasteiger partial charge is 0.262 e. The van der Waals surface area contributed by atoms with Crippen molar-refractivity contribution in [2.24, 2.45) is 5.10 Å². The molecular weight excluding hydrogens is 476 g/mol. The number of aryl methyl sites for hydroxylation is 2. The highest BCUT2D eigenvalue weighted by Crippen LogP contribution is 2.36. The first-order chi connectivity index (χ1) is 17.4. The first-order valence-electron chi connectivity index (χ1n) is 12.7. The summed E-state index contributed by atoms with van der Waals surface area (Å²) in [5.74, 6) is -0.244. The molecule has 2 aliphatic rings. The van der Waals surface area contributed by atoms with Crippen LogP contribution in [0.1, 0.15) is 48.1 Å². The molecule has 192 valence electrons. The van der Waals surface area contributed by atoms with Gasteiger partial charge < -0.3 is 9.64 Å². The second-order valence-corrected chi connectivity index (χ2v) is 9.86. The third kappa shape index (κ3) is 6.14. The molecule has 1 fully saturated rings. The highest BCUT2D eigenvalue weighted by molar-refractivity contribution is 6.31. The number of ether oxygens (including phenoxy) is 1. The number of carbonyl (C=O) groups is 2. The van der Waals surface area contributed by atoms with Crippen LogP contribution in [0.15, 0.2) is 47.6 Å². The number of hydrogen-bond donors (Lipinski definition) is 0. The molecule has 0 saturated carbocycles. The lowest BCUT2D eigenvalue weighted by Gasteiger charge is -2.31. The predicted molar refractivity (Wildman–Crippen MR) is 142 cm³/mol. The van der Waals surface area contributed by atoms with Crippen LogP contribution in [0, 0.1) is 13.8 Å². The van der Waals surface area contributed by atoms with Crippen LogP contribution < -0.4 is 0 Å². The van der Waals surface area contributed by atoms with Gasteiger partial charge in [-0.05, 0) is 48.2 Å². The Kier molecular flexibility index (Phi) is 8.77. The monoisotopic (exact) mass is 510 g/mol. The predicted octanol–water partition coefficient (Wildman–Crippen LogP) is 4.21. The molecule has 4 rings (SSSR count). The Morgan fingerprint density at radius 1 is 1.11 bits per heavy atom. The van der Waals surface area contributed by atoms with E-state index in [0.717, 1.165) is 29.9 Å². The molecule has 1 atom stereocenters. The number of hydrazone groups is 1. The minimum Gasteiger partial charge on any atom is -0.379 e. The van der Waals surface area contributed by atoms with Gasteiger partial charge in [-0.15, -0.1) is 0 Å². The van der Waals surface area contributed by atoms with Crippen molar-refractivity contribution in [3.8, 4) is 0 Å². The third-order valence-corrected chi connectivity index (χ3v) is 7.39. The Balaban J connectivity index is 1.57. The van der Waals surface area contributed by atoms with Gasteiger partial charge >= 0.3 is 0 Å². The van der Waals surface area contributed by atoms with E-state index in [1.807, 2.05) is 37.3 Å². The topological polar surface area (TPSA) is 65.5 Å². The molecule has 8 heteroatoms. The SMILES string of the molecule is CCC(=O)N(CCN1CCOCC1)CC(=O)N1N=C(c2ccc(C)c(C)c2)CC1c1ccccc1Cl. The average molecular weight is 511 g/mol. The van der Waals surface area contributed by atoms with Crippen LogP contribution in [0.3, 0.4) is 0 Å².